The van der Waals surface area contributed by atoms with Crippen LogP contribution in [0.5, 0.6) is 11.5 Å². The van der Waals surface area contributed by atoms with Crippen LogP contribution in [0, 0.1) is 11.8 Å². The number of anilines is 2. The standard InChI is InChI=1S/C25H21Cl2F2N3O6/c26-11-6-13-19(15(27)7-11)31-23(36)25(13)14(22(34)35)8-12(17-9-24(28,29)10-32(17)25)21(33)30-16-2-1-3-18-20(16)38-5-4-37-18/h1-3,6-7,12,14,17H,4-5,8-10H2,(H,30,33)(H,31,36)(H,34,35)/t12-,14?,17-,25+/m1/s1. The summed E-state index contributed by atoms with van der Waals surface area (Å²) in [4.78, 5) is 41.0. The first-order chi connectivity index (χ1) is 18.0. The van der Waals surface area contributed by atoms with Gasteiger partial charge in [0.2, 0.25) is 5.91 Å². The molecule has 0 saturated carbocycles. The number of aliphatic carboxylic acids is 1. The Morgan fingerprint density at radius 3 is 2.71 bits per heavy atom. The predicted octanol–water partition coefficient (Wildman–Crippen LogP) is 3.98. The summed E-state index contributed by atoms with van der Waals surface area (Å²) in [5, 5.41) is 15.8. The average Bonchev–Trinajstić information content (AvgIpc) is 3.33. The van der Waals surface area contributed by atoms with Gasteiger partial charge < -0.3 is 25.2 Å². The Hall–Kier alpha value is -3.15. The van der Waals surface area contributed by atoms with E-state index in [1.165, 1.54) is 12.1 Å². The molecule has 4 atom stereocenters. The number of alkyl halides is 2. The normalized spacial score (nSPS) is 28.9. The molecule has 0 bridgehead atoms. The molecule has 1 spiro atoms. The fourth-order valence-corrected chi connectivity index (χ4v) is 6.84. The van der Waals surface area contributed by atoms with Gasteiger partial charge in [0.1, 0.15) is 18.8 Å². The van der Waals surface area contributed by atoms with Crippen molar-refractivity contribution in [2.24, 2.45) is 11.8 Å². The van der Waals surface area contributed by atoms with Crippen molar-refractivity contribution >= 4 is 52.4 Å². The minimum absolute atomic E-state index is 0.0558. The summed E-state index contributed by atoms with van der Waals surface area (Å²) in [7, 11) is 0. The largest absolute Gasteiger partial charge is 0.486 e. The second-order valence-electron chi connectivity index (χ2n) is 9.84. The van der Waals surface area contributed by atoms with Crippen LogP contribution in [-0.2, 0) is 19.9 Å². The Balaban J connectivity index is 1.44. The van der Waals surface area contributed by atoms with Gasteiger partial charge in [0.25, 0.3) is 11.8 Å². The minimum atomic E-state index is -3.28. The van der Waals surface area contributed by atoms with Crippen LogP contribution < -0.4 is 20.1 Å². The van der Waals surface area contributed by atoms with Crippen molar-refractivity contribution in [1.82, 2.24) is 4.90 Å². The highest BCUT2D eigenvalue weighted by atomic mass is 35.5. The number of ether oxygens (including phenoxy) is 2. The molecule has 3 N–H and O–H groups in total. The average molecular weight is 568 g/mol. The van der Waals surface area contributed by atoms with Crippen LogP contribution in [-0.4, -0.2) is 59.5 Å². The van der Waals surface area contributed by atoms with E-state index in [2.05, 4.69) is 10.6 Å². The van der Waals surface area contributed by atoms with Crippen molar-refractivity contribution in [3.8, 4) is 11.5 Å². The zero-order chi connectivity index (χ0) is 27.0. The number of fused-ring (bicyclic) bond motifs is 5. The number of nitrogens with zero attached hydrogens (tertiary/aromatic N) is 1. The highest BCUT2D eigenvalue weighted by Crippen LogP contribution is 2.58. The Morgan fingerprint density at radius 2 is 1.95 bits per heavy atom. The number of carboxylic acids is 1. The molecule has 4 heterocycles. The lowest BCUT2D eigenvalue weighted by atomic mass is 9.67. The predicted molar refractivity (Wildman–Crippen MR) is 132 cm³/mol. The van der Waals surface area contributed by atoms with Crippen molar-refractivity contribution in [1.29, 1.82) is 0 Å². The first kappa shape index (κ1) is 25.1. The van der Waals surface area contributed by atoms with E-state index in [0.717, 1.165) is 4.90 Å². The van der Waals surface area contributed by atoms with Gasteiger partial charge >= 0.3 is 5.97 Å². The molecule has 2 saturated heterocycles. The lowest BCUT2D eigenvalue weighted by Crippen LogP contribution is -2.65. The second kappa shape index (κ2) is 8.69. The Morgan fingerprint density at radius 1 is 1.18 bits per heavy atom. The fourth-order valence-electron chi connectivity index (χ4n) is 6.30. The molecule has 0 aliphatic carbocycles. The van der Waals surface area contributed by atoms with E-state index in [1.807, 2.05) is 0 Å². The molecule has 38 heavy (non-hydrogen) atoms. The molecule has 0 radical (unpaired) electrons. The van der Waals surface area contributed by atoms with Crippen molar-refractivity contribution < 1.29 is 37.7 Å². The van der Waals surface area contributed by atoms with Crippen molar-refractivity contribution in [2.45, 2.75) is 30.3 Å². The van der Waals surface area contributed by atoms with Crippen LogP contribution in [0.2, 0.25) is 10.0 Å². The summed E-state index contributed by atoms with van der Waals surface area (Å²) in [6.45, 7) is -0.325. The molecule has 4 aliphatic rings. The molecular weight excluding hydrogens is 547 g/mol. The summed E-state index contributed by atoms with van der Waals surface area (Å²) in [6, 6.07) is 6.49. The third-order valence-electron chi connectivity index (χ3n) is 7.73. The Labute approximate surface area is 225 Å². The number of piperidine rings is 1. The molecule has 0 aromatic heterocycles. The number of halogens is 4. The number of para-hydroxylation sites is 1. The van der Waals surface area contributed by atoms with Gasteiger partial charge in [-0.15, -0.1) is 0 Å². The Bertz CT molecular complexity index is 1390. The molecule has 13 heteroatoms. The van der Waals surface area contributed by atoms with E-state index in [-0.39, 0.29) is 40.0 Å². The monoisotopic (exact) mass is 567 g/mol. The quantitative estimate of drug-likeness (QED) is 0.513. The lowest BCUT2D eigenvalue weighted by Gasteiger charge is -2.50. The zero-order valence-corrected chi connectivity index (χ0v) is 21.1. The first-order valence-corrected chi connectivity index (χ1v) is 12.7. The maximum Gasteiger partial charge on any atom is 0.309 e. The number of benzene rings is 2. The molecular formula is C25H21Cl2F2N3O6. The summed E-state index contributed by atoms with van der Waals surface area (Å²) in [5.41, 5.74) is -1.52. The van der Waals surface area contributed by atoms with Crippen molar-refractivity contribution in [3.63, 3.8) is 0 Å². The van der Waals surface area contributed by atoms with Gasteiger partial charge in [-0.2, -0.15) is 0 Å². The molecule has 9 nitrogen and oxygen atoms in total. The summed E-state index contributed by atoms with van der Waals surface area (Å²) in [5.74, 6) is -8.16. The molecule has 2 aromatic carbocycles. The van der Waals surface area contributed by atoms with Crippen LogP contribution in [0.15, 0.2) is 30.3 Å². The number of carbonyl (C=O) groups is 3. The van der Waals surface area contributed by atoms with Crippen LogP contribution >= 0.6 is 23.2 Å². The fraction of sp³-hybridized carbons (Fsp3) is 0.400. The second-order valence-corrected chi connectivity index (χ2v) is 10.7. The maximum atomic E-state index is 15.0. The summed E-state index contributed by atoms with van der Waals surface area (Å²) < 4.78 is 41.2. The van der Waals surface area contributed by atoms with Crippen LogP contribution in [0.1, 0.15) is 18.4 Å². The van der Waals surface area contributed by atoms with Crippen molar-refractivity contribution in [3.05, 3.63) is 45.9 Å². The Kier molecular flexibility index (Phi) is 5.75. The van der Waals surface area contributed by atoms with Gasteiger partial charge in [0.15, 0.2) is 11.5 Å². The SMILES string of the molecule is O=C(O)C1C[C@@H](C(=O)Nc2cccc3c2OCCO3)[C@H]2CC(F)(F)CN2[C@]12C(=O)Nc1c(Cl)cc(Cl)cc12. The molecule has 6 rings (SSSR count). The van der Waals surface area contributed by atoms with Gasteiger partial charge in [0, 0.05) is 23.0 Å². The van der Waals surface area contributed by atoms with Crippen LogP contribution in [0.25, 0.3) is 0 Å². The van der Waals surface area contributed by atoms with E-state index < -0.39 is 60.1 Å². The smallest absolute Gasteiger partial charge is 0.309 e. The number of amides is 2. The van der Waals surface area contributed by atoms with Gasteiger partial charge in [-0.1, -0.05) is 29.3 Å². The van der Waals surface area contributed by atoms with E-state index in [9.17, 15) is 19.5 Å². The van der Waals surface area contributed by atoms with Gasteiger partial charge in [-0.05, 0) is 30.7 Å². The van der Waals surface area contributed by atoms with E-state index >= 15 is 8.78 Å². The van der Waals surface area contributed by atoms with Crippen LogP contribution in [0.3, 0.4) is 0 Å². The third-order valence-corrected chi connectivity index (χ3v) is 8.25. The minimum Gasteiger partial charge on any atom is -0.486 e. The number of carbonyl (C=O) groups excluding carboxylic acids is 2. The number of nitrogens with one attached hydrogen (secondary N) is 2. The maximum absolute atomic E-state index is 15.0. The number of rotatable bonds is 3. The molecule has 200 valence electrons. The summed E-state index contributed by atoms with van der Waals surface area (Å²) in [6.07, 6.45) is -1.11. The van der Waals surface area contributed by atoms with Gasteiger partial charge in [-0.3, -0.25) is 19.3 Å². The van der Waals surface area contributed by atoms with Gasteiger partial charge in [-0.25, -0.2) is 8.78 Å². The first-order valence-electron chi connectivity index (χ1n) is 11.9. The zero-order valence-electron chi connectivity index (χ0n) is 19.6. The number of hydrogen-bond donors (Lipinski definition) is 3. The van der Waals surface area contributed by atoms with E-state index in [1.54, 1.807) is 18.2 Å². The van der Waals surface area contributed by atoms with Crippen LogP contribution in [0.4, 0.5) is 20.2 Å². The number of carboxylic acid groups (broad SMARTS) is 1. The lowest BCUT2D eigenvalue weighted by molar-refractivity contribution is -0.165. The molecule has 2 amide bonds. The van der Waals surface area contributed by atoms with Crippen molar-refractivity contribution in [2.75, 3.05) is 30.4 Å². The molecule has 2 aromatic rings. The molecule has 2 fully saturated rings. The molecule has 4 aliphatic heterocycles. The highest BCUT2D eigenvalue weighted by Gasteiger charge is 2.69. The number of hydrogen-bond acceptors (Lipinski definition) is 6. The van der Waals surface area contributed by atoms with Gasteiger partial charge in [0.05, 0.1) is 34.8 Å². The topological polar surface area (TPSA) is 117 Å². The van der Waals surface area contributed by atoms with E-state index in [0.29, 0.717) is 18.1 Å². The molecule has 1 unspecified atom stereocenters. The van der Waals surface area contributed by atoms with E-state index in [4.69, 9.17) is 32.7 Å². The highest BCUT2D eigenvalue weighted by molar-refractivity contribution is 6.38. The third kappa shape index (κ3) is 3.63. The summed E-state index contributed by atoms with van der Waals surface area (Å²) >= 11 is 12.5.